The molecule has 0 bridgehead atoms. The maximum absolute atomic E-state index is 14.1. The van der Waals surface area contributed by atoms with Crippen LogP contribution in [0.2, 0.25) is 0 Å². The molecule has 0 spiro atoms. The highest BCUT2D eigenvalue weighted by Gasteiger charge is 2.57. The molecule has 2 aliphatic heterocycles. The number of aromatic nitrogens is 1. The van der Waals surface area contributed by atoms with Crippen LogP contribution in [0.3, 0.4) is 0 Å². The van der Waals surface area contributed by atoms with Crippen LogP contribution in [0.5, 0.6) is 0 Å². The van der Waals surface area contributed by atoms with Crippen LogP contribution in [-0.2, 0) is 15.1 Å². The van der Waals surface area contributed by atoms with Gasteiger partial charge in [-0.25, -0.2) is 0 Å². The van der Waals surface area contributed by atoms with E-state index in [9.17, 15) is 9.59 Å². The second-order valence-electron chi connectivity index (χ2n) is 9.87. The van der Waals surface area contributed by atoms with Gasteiger partial charge in [-0.05, 0) is 43.9 Å². The summed E-state index contributed by atoms with van der Waals surface area (Å²) in [6.07, 6.45) is 4.27. The highest BCUT2D eigenvalue weighted by molar-refractivity contribution is 6.01. The first-order valence-electron chi connectivity index (χ1n) is 11.8. The zero-order valence-electron chi connectivity index (χ0n) is 18.7. The number of carbonyl (C=O) groups is 2. The van der Waals surface area contributed by atoms with Gasteiger partial charge in [-0.1, -0.05) is 60.9 Å². The maximum Gasteiger partial charge on any atom is 0.255 e. The standard InChI is InChI=1S/C27H29N3O2/c1-17-11-13-18(14-12-17)21-15-30-23(31)16-29(19-7-3-4-8-19)26(32)27(30,2)25-24(21)20-9-5-6-10-22(20)28-25/h5-6,9-14,19,21,28H,3-4,7-8,15-16H2,1-2H3/t21-,27+/m1/s1. The van der Waals surface area contributed by atoms with E-state index in [-0.39, 0.29) is 30.3 Å². The Kier molecular flexibility index (Phi) is 4.26. The topological polar surface area (TPSA) is 56.4 Å². The van der Waals surface area contributed by atoms with Crippen molar-refractivity contribution in [1.29, 1.82) is 0 Å². The number of rotatable bonds is 2. The number of aromatic amines is 1. The van der Waals surface area contributed by atoms with E-state index < -0.39 is 5.54 Å². The van der Waals surface area contributed by atoms with E-state index in [1.807, 2.05) is 22.8 Å². The van der Waals surface area contributed by atoms with Crippen LogP contribution >= 0.6 is 0 Å². The summed E-state index contributed by atoms with van der Waals surface area (Å²) in [6.45, 7) is 4.77. The molecule has 32 heavy (non-hydrogen) atoms. The minimum absolute atomic E-state index is 0.0320. The molecule has 6 rings (SSSR count). The van der Waals surface area contributed by atoms with Gasteiger partial charge in [0.15, 0.2) is 5.54 Å². The molecule has 0 unspecified atom stereocenters. The van der Waals surface area contributed by atoms with Crippen LogP contribution in [0.15, 0.2) is 48.5 Å². The lowest BCUT2D eigenvalue weighted by molar-refractivity contribution is -0.168. The highest BCUT2D eigenvalue weighted by atomic mass is 16.2. The Morgan fingerprint density at radius 1 is 1.00 bits per heavy atom. The molecule has 3 heterocycles. The van der Waals surface area contributed by atoms with Crippen molar-refractivity contribution in [3.8, 4) is 0 Å². The minimum atomic E-state index is -0.993. The zero-order chi connectivity index (χ0) is 22.0. The maximum atomic E-state index is 14.1. The average molecular weight is 428 g/mol. The monoisotopic (exact) mass is 427 g/mol. The number of amides is 2. The van der Waals surface area contributed by atoms with E-state index in [0.29, 0.717) is 6.54 Å². The Morgan fingerprint density at radius 3 is 2.47 bits per heavy atom. The predicted octanol–water partition coefficient (Wildman–Crippen LogP) is 4.45. The molecule has 2 atom stereocenters. The largest absolute Gasteiger partial charge is 0.356 e. The van der Waals surface area contributed by atoms with E-state index in [4.69, 9.17) is 0 Å². The van der Waals surface area contributed by atoms with E-state index >= 15 is 0 Å². The van der Waals surface area contributed by atoms with E-state index in [2.05, 4.69) is 54.4 Å². The van der Waals surface area contributed by atoms with Gasteiger partial charge in [0.2, 0.25) is 5.91 Å². The summed E-state index contributed by atoms with van der Waals surface area (Å²) in [4.78, 5) is 34.9. The first kappa shape index (κ1) is 19.6. The molecule has 1 saturated heterocycles. The molecule has 1 aliphatic carbocycles. The van der Waals surface area contributed by atoms with Crippen molar-refractivity contribution >= 4 is 22.7 Å². The van der Waals surface area contributed by atoms with Crippen LogP contribution in [-0.4, -0.2) is 45.7 Å². The number of benzene rings is 2. The lowest BCUT2D eigenvalue weighted by Gasteiger charge is -2.52. The van der Waals surface area contributed by atoms with Gasteiger partial charge in [0, 0.05) is 29.4 Å². The molecule has 1 N–H and O–H groups in total. The molecule has 3 aromatic rings. The molecule has 164 valence electrons. The molecule has 0 radical (unpaired) electrons. The van der Waals surface area contributed by atoms with E-state index in [1.165, 1.54) is 11.1 Å². The summed E-state index contributed by atoms with van der Waals surface area (Å²) < 4.78 is 0. The highest BCUT2D eigenvalue weighted by Crippen LogP contribution is 2.48. The van der Waals surface area contributed by atoms with Gasteiger partial charge in [0.05, 0.1) is 5.69 Å². The smallest absolute Gasteiger partial charge is 0.255 e. The van der Waals surface area contributed by atoms with Crippen molar-refractivity contribution in [2.75, 3.05) is 13.1 Å². The number of hydrogen-bond acceptors (Lipinski definition) is 2. The van der Waals surface area contributed by atoms with Gasteiger partial charge >= 0.3 is 0 Å². The van der Waals surface area contributed by atoms with Crippen molar-refractivity contribution in [2.45, 2.75) is 57.0 Å². The fraction of sp³-hybridized carbons (Fsp3) is 0.407. The number of nitrogens with one attached hydrogen (secondary N) is 1. The van der Waals surface area contributed by atoms with Crippen LogP contribution in [0.4, 0.5) is 0 Å². The number of fused-ring (bicyclic) bond motifs is 5. The number of nitrogens with zero attached hydrogens (tertiary/aromatic N) is 2. The van der Waals surface area contributed by atoms with Crippen molar-refractivity contribution < 1.29 is 9.59 Å². The summed E-state index contributed by atoms with van der Waals surface area (Å²) >= 11 is 0. The first-order chi connectivity index (χ1) is 15.5. The van der Waals surface area contributed by atoms with Gasteiger partial charge in [-0.15, -0.1) is 0 Å². The number of carbonyl (C=O) groups excluding carboxylic acids is 2. The molecule has 2 aromatic carbocycles. The summed E-state index contributed by atoms with van der Waals surface area (Å²) in [6, 6.07) is 17.0. The summed E-state index contributed by atoms with van der Waals surface area (Å²) in [7, 11) is 0. The third kappa shape index (κ3) is 2.63. The van der Waals surface area contributed by atoms with Crippen molar-refractivity contribution in [1.82, 2.24) is 14.8 Å². The predicted molar refractivity (Wildman–Crippen MR) is 124 cm³/mol. The van der Waals surface area contributed by atoms with Crippen molar-refractivity contribution in [3.63, 3.8) is 0 Å². The van der Waals surface area contributed by atoms with Crippen molar-refractivity contribution in [3.05, 3.63) is 70.9 Å². The van der Waals surface area contributed by atoms with Gasteiger partial charge < -0.3 is 14.8 Å². The number of aryl methyl sites for hydroxylation is 1. The average Bonchev–Trinajstić information content (AvgIpc) is 3.46. The van der Waals surface area contributed by atoms with E-state index in [0.717, 1.165) is 47.8 Å². The lowest BCUT2D eigenvalue weighted by Crippen LogP contribution is -2.68. The number of H-pyrrole nitrogens is 1. The second-order valence-corrected chi connectivity index (χ2v) is 9.87. The summed E-state index contributed by atoms with van der Waals surface area (Å²) in [5.41, 5.74) is 4.48. The number of piperazine rings is 1. The third-order valence-corrected chi connectivity index (χ3v) is 8.02. The molecular weight excluding hydrogens is 398 g/mol. The van der Waals surface area contributed by atoms with Gasteiger partial charge in [-0.3, -0.25) is 9.59 Å². The number of para-hydroxylation sites is 1. The quantitative estimate of drug-likeness (QED) is 0.657. The molecule has 3 aliphatic rings. The Bertz CT molecular complexity index is 1220. The van der Waals surface area contributed by atoms with Crippen LogP contribution < -0.4 is 0 Å². The normalized spacial score (nSPS) is 26.0. The molecular formula is C27H29N3O2. The Hall–Kier alpha value is -3.08. The Balaban J connectivity index is 1.56. The van der Waals surface area contributed by atoms with Gasteiger partial charge in [0.1, 0.15) is 6.54 Å². The zero-order valence-corrected chi connectivity index (χ0v) is 18.7. The Labute approximate surface area is 188 Å². The summed E-state index contributed by atoms with van der Waals surface area (Å²) in [5.74, 6) is 0.157. The lowest BCUT2D eigenvalue weighted by atomic mass is 9.76. The minimum Gasteiger partial charge on any atom is -0.356 e. The molecule has 5 nitrogen and oxygen atoms in total. The first-order valence-corrected chi connectivity index (χ1v) is 11.8. The SMILES string of the molecule is Cc1ccc([C@H]2CN3C(=O)CN(C4CCCC4)C(=O)[C@]3(C)c3[nH]c4ccccc4c32)cc1. The van der Waals surface area contributed by atoms with Gasteiger partial charge in [-0.2, -0.15) is 0 Å². The van der Waals surface area contributed by atoms with Crippen LogP contribution in [0.25, 0.3) is 10.9 Å². The van der Waals surface area contributed by atoms with Crippen LogP contribution in [0, 0.1) is 6.92 Å². The second kappa shape index (κ2) is 6.96. The summed E-state index contributed by atoms with van der Waals surface area (Å²) in [5, 5.41) is 1.15. The van der Waals surface area contributed by atoms with Gasteiger partial charge in [0.25, 0.3) is 5.91 Å². The van der Waals surface area contributed by atoms with E-state index in [1.54, 1.807) is 0 Å². The number of hydrogen-bond donors (Lipinski definition) is 1. The molecule has 2 fully saturated rings. The van der Waals surface area contributed by atoms with Crippen molar-refractivity contribution in [2.24, 2.45) is 0 Å². The fourth-order valence-corrected chi connectivity index (χ4v) is 6.24. The molecule has 1 saturated carbocycles. The molecule has 5 heteroatoms. The molecule has 2 amide bonds. The molecule has 1 aromatic heterocycles. The third-order valence-electron chi connectivity index (χ3n) is 8.02. The van der Waals surface area contributed by atoms with Crippen LogP contribution in [0.1, 0.15) is 60.9 Å². The fourth-order valence-electron chi connectivity index (χ4n) is 6.24. The Morgan fingerprint density at radius 2 is 1.72 bits per heavy atom.